The van der Waals surface area contributed by atoms with Crippen LogP contribution in [0.4, 0.5) is 0 Å². The summed E-state index contributed by atoms with van der Waals surface area (Å²) in [4.78, 5) is 4.62. The molecule has 1 heterocycles. The lowest BCUT2D eigenvalue weighted by Gasteiger charge is -2.03. The minimum atomic E-state index is 0.677. The molecular weight excluding hydrogens is 312 g/mol. The van der Waals surface area contributed by atoms with Crippen molar-refractivity contribution in [3.8, 4) is 16.3 Å². The molecule has 0 bridgehead atoms. The van der Waals surface area contributed by atoms with Crippen LogP contribution in [0.5, 0.6) is 5.75 Å². The van der Waals surface area contributed by atoms with Crippen molar-refractivity contribution < 1.29 is 4.74 Å². The molecule has 1 aromatic carbocycles. The monoisotopic (exact) mass is 326 g/mol. The van der Waals surface area contributed by atoms with Gasteiger partial charge in [0.1, 0.15) is 10.8 Å². The van der Waals surface area contributed by atoms with Crippen LogP contribution in [0.2, 0.25) is 0 Å². The molecule has 0 atom stereocenters. The molecule has 1 N–H and O–H groups in total. The summed E-state index contributed by atoms with van der Waals surface area (Å²) in [5.74, 6) is 0.886. The molecular formula is C13H15BrN2OS. The molecule has 0 aliphatic carbocycles. The van der Waals surface area contributed by atoms with Crippen LogP contribution in [-0.4, -0.2) is 18.6 Å². The highest BCUT2D eigenvalue weighted by Crippen LogP contribution is 2.33. The molecule has 96 valence electrons. The van der Waals surface area contributed by atoms with Crippen LogP contribution in [0.1, 0.15) is 12.6 Å². The first-order chi connectivity index (χ1) is 8.74. The van der Waals surface area contributed by atoms with Gasteiger partial charge in [0, 0.05) is 12.1 Å². The Hall–Kier alpha value is -0.910. The quantitative estimate of drug-likeness (QED) is 0.909. The fourth-order valence-electron chi connectivity index (χ4n) is 1.62. The summed E-state index contributed by atoms with van der Waals surface area (Å²) in [5.41, 5.74) is 2.13. The summed E-state index contributed by atoms with van der Waals surface area (Å²) in [7, 11) is 1.92. The Labute approximate surface area is 119 Å². The number of ether oxygens (including phenoxy) is 1. The molecule has 0 aliphatic rings. The van der Waals surface area contributed by atoms with E-state index in [9.17, 15) is 0 Å². The maximum absolute atomic E-state index is 5.51. The van der Waals surface area contributed by atoms with Crippen LogP contribution in [0.3, 0.4) is 0 Å². The second kappa shape index (κ2) is 6.31. The maximum Gasteiger partial charge on any atom is 0.124 e. The van der Waals surface area contributed by atoms with Gasteiger partial charge in [-0.25, -0.2) is 4.98 Å². The normalized spacial score (nSPS) is 10.6. The molecule has 0 unspecified atom stereocenters. The number of rotatable bonds is 5. The molecule has 0 aliphatic heterocycles. The highest BCUT2D eigenvalue weighted by Gasteiger charge is 2.10. The van der Waals surface area contributed by atoms with E-state index < -0.39 is 0 Å². The number of halogens is 1. The molecule has 0 spiro atoms. The minimum absolute atomic E-state index is 0.677. The van der Waals surface area contributed by atoms with E-state index in [1.54, 1.807) is 11.3 Å². The largest absolute Gasteiger partial charge is 0.494 e. The molecule has 2 rings (SSSR count). The summed E-state index contributed by atoms with van der Waals surface area (Å²) < 4.78 is 6.58. The standard InChI is InChI=1S/C13H15BrN2OS/c1-3-17-10-6-4-5-9(7-10)13-16-11(8-15-2)12(14)18-13/h4-7,15H,3,8H2,1-2H3. The van der Waals surface area contributed by atoms with Gasteiger partial charge in [0.25, 0.3) is 0 Å². The van der Waals surface area contributed by atoms with Crippen molar-refractivity contribution in [3.05, 3.63) is 33.7 Å². The topological polar surface area (TPSA) is 34.1 Å². The number of nitrogens with zero attached hydrogens (tertiary/aromatic N) is 1. The first kappa shape index (κ1) is 13.5. The number of hydrogen-bond acceptors (Lipinski definition) is 4. The van der Waals surface area contributed by atoms with Gasteiger partial charge in [0.15, 0.2) is 0 Å². The first-order valence-electron chi connectivity index (χ1n) is 5.77. The second-order valence-corrected chi connectivity index (χ2v) is 6.05. The van der Waals surface area contributed by atoms with Gasteiger partial charge in [-0.1, -0.05) is 12.1 Å². The van der Waals surface area contributed by atoms with E-state index in [1.165, 1.54) is 0 Å². The third-order valence-electron chi connectivity index (χ3n) is 2.39. The van der Waals surface area contributed by atoms with Crippen LogP contribution >= 0.6 is 27.3 Å². The average molecular weight is 327 g/mol. The molecule has 0 saturated carbocycles. The summed E-state index contributed by atoms with van der Waals surface area (Å²) >= 11 is 5.19. The highest BCUT2D eigenvalue weighted by molar-refractivity contribution is 9.11. The van der Waals surface area contributed by atoms with E-state index in [1.807, 2.05) is 32.2 Å². The molecule has 5 heteroatoms. The third-order valence-corrected chi connectivity index (χ3v) is 4.26. The van der Waals surface area contributed by atoms with Gasteiger partial charge in [-0.05, 0) is 42.0 Å². The Morgan fingerprint density at radius 3 is 3.00 bits per heavy atom. The zero-order chi connectivity index (χ0) is 13.0. The van der Waals surface area contributed by atoms with Crippen molar-refractivity contribution in [1.29, 1.82) is 0 Å². The molecule has 1 aromatic heterocycles. The number of nitrogens with one attached hydrogen (secondary N) is 1. The van der Waals surface area contributed by atoms with Gasteiger partial charge >= 0.3 is 0 Å². The van der Waals surface area contributed by atoms with Gasteiger partial charge in [-0.15, -0.1) is 11.3 Å². The highest BCUT2D eigenvalue weighted by atomic mass is 79.9. The van der Waals surface area contributed by atoms with Crippen molar-refractivity contribution in [1.82, 2.24) is 10.3 Å². The lowest BCUT2D eigenvalue weighted by molar-refractivity contribution is 0.340. The molecule has 18 heavy (non-hydrogen) atoms. The predicted molar refractivity (Wildman–Crippen MR) is 79.2 cm³/mol. The van der Waals surface area contributed by atoms with Crippen molar-refractivity contribution in [2.24, 2.45) is 0 Å². The van der Waals surface area contributed by atoms with E-state index in [2.05, 4.69) is 32.3 Å². The Bertz CT molecular complexity index is 527. The summed E-state index contributed by atoms with van der Waals surface area (Å²) in [6.45, 7) is 3.43. The Balaban J connectivity index is 2.30. The first-order valence-corrected chi connectivity index (χ1v) is 7.38. The Morgan fingerprint density at radius 2 is 2.28 bits per heavy atom. The summed E-state index contributed by atoms with van der Waals surface area (Å²) in [5, 5.41) is 4.12. The van der Waals surface area contributed by atoms with E-state index in [0.29, 0.717) is 6.61 Å². The van der Waals surface area contributed by atoms with Gasteiger partial charge in [0.2, 0.25) is 0 Å². The summed E-state index contributed by atoms with van der Waals surface area (Å²) in [6, 6.07) is 8.03. The number of thiazole rings is 1. The lowest BCUT2D eigenvalue weighted by Crippen LogP contribution is -2.05. The molecule has 0 amide bonds. The predicted octanol–water partition coefficient (Wildman–Crippen LogP) is 3.69. The lowest BCUT2D eigenvalue weighted by atomic mass is 10.2. The Morgan fingerprint density at radius 1 is 1.44 bits per heavy atom. The van der Waals surface area contributed by atoms with Crippen LogP contribution in [0.15, 0.2) is 28.1 Å². The van der Waals surface area contributed by atoms with Crippen molar-refractivity contribution in [2.75, 3.05) is 13.7 Å². The van der Waals surface area contributed by atoms with Crippen LogP contribution in [0.25, 0.3) is 10.6 Å². The van der Waals surface area contributed by atoms with Crippen LogP contribution < -0.4 is 10.1 Å². The smallest absolute Gasteiger partial charge is 0.124 e. The fraction of sp³-hybridized carbons (Fsp3) is 0.308. The van der Waals surface area contributed by atoms with Crippen molar-refractivity contribution in [3.63, 3.8) is 0 Å². The fourth-order valence-corrected chi connectivity index (χ4v) is 3.11. The number of benzene rings is 1. The average Bonchev–Trinajstić information content (AvgIpc) is 2.73. The van der Waals surface area contributed by atoms with Crippen LogP contribution in [-0.2, 0) is 6.54 Å². The van der Waals surface area contributed by atoms with E-state index in [4.69, 9.17) is 4.74 Å². The number of hydrogen-bond donors (Lipinski definition) is 1. The second-order valence-electron chi connectivity index (χ2n) is 3.73. The molecule has 0 saturated heterocycles. The Kier molecular flexibility index (Phi) is 4.74. The maximum atomic E-state index is 5.51. The van der Waals surface area contributed by atoms with Gasteiger partial charge in [-0.2, -0.15) is 0 Å². The zero-order valence-electron chi connectivity index (χ0n) is 10.4. The van der Waals surface area contributed by atoms with Gasteiger partial charge in [-0.3, -0.25) is 0 Å². The summed E-state index contributed by atoms with van der Waals surface area (Å²) in [6.07, 6.45) is 0. The molecule has 3 nitrogen and oxygen atoms in total. The van der Waals surface area contributed by atoms with E-state index >= 15 is 0 Å². The third kappa shape index (κ3) is 3.10. The van der Waals surface area contributed by atoms with E-state index in [-0.39, 0.29) is 0 Å². The number of aromatic nitrogens is 1. The minimum Gasteiger partial charge on any atom is -0.494 e. The zero-order valence-corrected chi connectivity index (χ0v) is 12.8. The SMILES string of the molecule is CCOc1cccc(-c2nc(CNC)c(Br)s2)c1. The molecule has 0 fully saturated rings. The van der Waals surface area contributed by atoms with Crippen LogP contribution in [0, 0.1) is 0 Å². The van der Waals surface area contributed by atoms with Crippen molar-refractivity contribution >= 4 is 27.3 Å². The van der Waals surface area contributed by atoms with Gasteiger partial charge in [0.05, 0.1) is 16.1 Å². The van der Waals surface area contributed by atoms with Gasteiger partial charge < -0.3 is 10.1 Å². The van der Waals surface area contributed by atoms with E-state index in [0.717, 1.165) is 32.3 Å². The molecule has 2 aromatic rings. The van der Waals surface area contributed by atoms with Crippen molar-refractivity contribution in [2.45, 2.75) is 13.5 Å². The molecule has 0 radical (unpaired) electrons.